The smallest absolute Gasteiger partial charge is 0.218 e. The normalized spacial score (nSPS) is 19.6. The third kappa shape index (κ3) is 3.54. The SMILES string of the molecule is CCOc1cc(N(C)CC2CNCCO2)ncn1. The van der Waals surface area contributed by atoms with E-state index >= 15 is 0 Å². The Balaban J connectivity index is 1.94. The second-order valence-corrected chi connectivity index (χ2v) is 4.22. The van der Waals surface area contributed by atoms with Crippen LogP contribution in [0.5, 0.6) is 5.88 Å². The zero-order valence-electron chi connectivity index (χ0n) is 10.9. The molecule has 1 aromatic heterocycles. The molecule has 0 amide bonds. The molecule has 1 saturated heterocycles. The number of nitrogens with zero attached hydrogens (tertiary/aromatic N) is 3. The summed E-state index contributed by atoms with van der Waals surface area (Å²) in [4.78, 5) is 10.4. The van der Waals surface area contributed by atoms with Gasteiger partial charge in [0.2, 0.25) is 5.88 Å². The van der Waals surface area contributed by atoms with Gasteiger partial charge in [-0.2, -0.15) is 0 Å². The average Bonchev–Trinajstić information content (AvgIpc) is 2.40. The number of likely N-dealkylation sites (N-methyl/N-ethyl adjacent to an activating group) is 1. The number of hydrogen-bond donors (Lipinski definition) is 1. The van der Waals surface area contributed by atoms with E-state index in [4.69, 9.17) is 9.47 Å². The minimum Gasteiger partial charge on any atom is -0.478 e. The van der Waals surface area contributed by atoms with Crippen LogP contribution in [-0.2, 0) is 4.74 Å². The molecule has 1 atom stereocenters. The molecule has 0 radical (unpaired) electrons. The molecule has 0 aromatic carbocycles. The maximum atomic E-state index is 5.67. The Morgan fingerprint density at radius 1 is 1.56 bits per heavy atom. The largest absolute Gasteiger partial charge is 0.478 e. The van der Waals surface area contributed by atoms with Crippen LogP contribution in [0.2, 0.25) is 0 Å². The maximum absolute atomic E-state index is 5.67. The molecule has 1 N–H and O–H groups in total. The third-order valence-corrected chi connectivity index (χ3v) is 2.79. The average molecular weight is 252 g/mol. The molecule has 1 aromatic rings. The van der Waals surface area contributed by atoms with E-state index in [2.05, 4.69) is 20.2 Å². The van der Waals surface area contributed by atoms with Crippen molar-refractivity contribution in [3.05, 3.63) is 12.4 Å². The molecule has 0 saturated carbocycles. The lowest BCUT2D eigenvalue weighted by Crippen LogP contribution is -2.44. The van der Waals surface area contributed by atoms with Crippen molar-refractivity contribution in [2.45, 2.75) is 13.0 Å². The fourth-order valence-corrected chi connectivity index (χ4v) is 1.90. The lowest BCUT2D eigenvalue weighted by molar-refractivity contribution is 0.0339. The van der Waals surface area contributed by atoms with Crippen LogP contribution >= 0.6 is 0 Å². The van der Waals surface area contributed by atoms with Crippen molar-refractivity contribution < 1.29 is 9.47 Å². The second kappa shape index (κ2) is 6.51. The van der Waals surface area contributed by atoms with Gasteiger partial charge in [-0.05, 0) is 6.92 Å². The second-order valence-electron chi connectivity index (χ2n) is 4.22. The number of aromatic nitrogens is 2. The molecule has 0 bridgehead atoms. The highest BCUT2D eigenvalue weighted by Crippen LogP contribution is 2.15. The molecule has 18 heavy (non-hydrogen) atoms. The van der Waals surface area contributed by atoms with Crippen LogP contribution in [-0.4, -0.2) is 56.0 Å². The molecular formula is C12H20N4O2. The quantitative estimate of drug-likeness (QED) is 0.813. The summed E-state index contributed by atoms with van der Waals surface area (Å²) in [6, 6.07) is 1.85. The van der Waals surface area contributed by atoms with Gasteiger partial charge >= 0.3 is 0 Å². The summed E-state index contributed by atoms with van der Waals surface area (Å²) in [5, 5.41) is 3.31. The van der Waals surface area contributed by atoms with E-state index in [1.165, 1.54) is 6.33 Å². The molecule has 6 heteroatoms. The van der Waals surface area contributed by atoms with Gasteiger partial charge < -0.3 is 19.7 Å². The van der Waals surface area contributed by atoms with E-state index in [0.717, 1.165) is 32.1 Å². The van der Waals surface area contributed by atoms with Crippen molar-refractivity contribution in [2.24, 2.45) is 0 Å². The molecule has 2 rings (SSSR count). The van der Waals surface area contributed by atoms with Gasteiger partial charge in [0, 0.05) is 32.7 Å². The lowest BCUT2D eigenvalue weighted by atomic mass is 10.3. The molecular weight excluding hydrogens is 232 g/mol. The Morgan fingerprint density at radius 2 is 2.44 bits per heavy atom. The monoisotopic (exact) mass is 252 g/mol. The van der Waals surface area contributed by atoms with E-state index in [0.29, 0.717) is 12.5 Å². The van der Waals surface area contributed by atoms with Gasteiger partial charge in [-0.1, -0.05) is 0 Å². The van der Waals surface area contributed by atoms with Gasteiger partial charge in [0.1, 0.15) is 12.1 Å². The number of rotatable bonds is 5. The Hall–Kier alpha value is -1.40. The van der Waals surface area contributed by atoms with E-state index in [9.17, 15) is 0 Å². The van der Waals surface area contributed by atoms with Crippen molar-refractivity contribution in [3.63, 3.8) is 0 Å². The topological polar surface area (TPSA) is 59.5 Å². The Kier molecular flexibility index (Phi) is 4.72. The summed E-state index contributed by atoms with van der Waals surface area (Å²) in [7, 11) is 2.00. The minimum absolute atomic E-state index is 0.203. The van der Waals surface area contributed by atoms with Crippen LogP contribution in [0.25, 0.3) is 0 Å². The van der Waals surface area contributed by atoms with Gasteiger partial charge in [0.15, 0.2) is 0 Å². The number of hydrogen-bond acceptors (Lipinski definition) is 6. The van der Waals surface area contributed by atoms with Crippen LogP contribution in [0.3, 0.4) is 0 Å². The molecule has 0 aliphatic carbocycles. The molecule has 1 aliphatic heterocycles. The number of ether oxygens (including phenoxy) is 2. The van der Waals surface area contributed by atoms with Crippen LogP contribution in [0.1, 0.15) is 6.92 Å². The van der Waals surface area contributed by atoms with Crippen molar-refractivity contribution in [3.8, 4) is 5.88 Å². The van der Waals surface area contributed by atoms with E-state index < -0.39 is 0 Å². The highest BCUT2D eigenvalue weighted by atomic mass is 16.5. The standard InChI is InChI=1S/C12H20N4O2/c1-3-17-12-6-11(14-9-15-12)16(2)8-10-7-13-4-5-18-10/h6,9-10,13H,3-5,7-8H2,1-2H3. The van der Waals surface area contributed by atoms with Gasteiger partial charge in [0.05, 0.1) is 19.3 Å². The van der Waals surface area contributed by atoms with Crippen molar-refractivity contribution in [2.75, 3.05) is 44.8 Å². The molecule has 1 fully saturated rings. The zero-order valence-corrected chi connectivity index (χ0v) is 10.9. The Bertz CT molecular complexity index is 369. The predicted octanol–water partition coefficient (Wildman–Crippen LogP) is 0.300. The van der Waals surface area contributed by atoms with Crippen LogP contribution in [0.15, 0.2) is 12.4 Å². The first-order valence-corrected chi connectivity index (χ1v) is 6.28. The van der Waals surface area contributed by atoms with Crippen LogP contribution in [0.4, 0.5) is 5.82 Å². The first-order valence-electron chi connectivity index (χ1n) is 6.28. The third-order valence-electron chi connectivity index (χ3n) is 2.79. The number of nitrogens with one attached hydrogen (secondary N) is 1. The van der Waals surface area contributed by atoms with Crippen LogP contribution < -0.4 is 15.0 Å². The summed E-state index contributed by atoms with van der Waals surface area (Å²) in [5.74, 6) is 1.46. The van der Waals surface area contributed by atoms with E-state index in [1.54, 1.807) is 0 Å². The van der Waals surface area contributed by atoms with Gasteiger partial charge in [-0.3, -0.25) is 0 Å². The predicted molar refractivity (Wildman–Crippen MR) is 69.1 cm³/mol. The van der Waals surface area contributed by atoms with Crippen molar-refractivity contribution >= 4 is 5.82 Å². The molecule has 0 spiro atoms. The first kappa shape index (κ1) is 13.0. The van der Waals surface area contributed by atoms with Crippen molar-refractivity contribution in [1.29, 1.82) is 0 Å². The molecule has 1 aliphatic rings. The zero-order chi connectivity index (χ0) is 12.8. The van der Waals surface area contributed by atoms with Crippen molar-refractivity contribution in [1.82, 2.24) is 15.3 Å². The fraction of sp³-hybridized carbons (Fsp3) is 0.667. The highest BCUT2D eigenvalue weighted by molar-refractivity contribution is 5.39. The molecule has 2 heterocycles. The summed E-state index contributed by atoms with van der Waals surface area (Å²) in [6.45, 7) is 5.93. The summed E-state index contributed by atoms with van der Waals surface area (Å²) in [6.07, 6.45) is 1.73. The molecule has 100 valence electrons. The van der Waals surface area contributed by atoms with Gasteiger partial charge in [-0.25, -0.2) is 9.97 Å². The van der Waals surface area contributed by atoms with Gasteiger partial charge in [-0.15, -0.1) is 0 Å². The van der Waals surface area contributed by atoms with E-state index in [1.807, 2.05) is 20.0 Å². The summed E-state index contributed by atoms with van der Waals surface area (Å²) >= 11 is 0. The lowest BCUT2D eigenvalue weighted by Gasteiger charge is -2.28. The molecule has 1 unspecified atom stereocenters. The maximum Gasteiger partial charge on any atom is 0.218 e. The Labute approximate surface area is 107 Å². The minimum atomic E-state index is 0.203. The fourth-order valence-electron chi connectivity index (χ4n) is 1.90. The molecule has 6 nitrogen and oxygen atoms in total. The van der Waals surface area contributed by atoms with E-state index in [-0.39, 0.29) is 6.10 Å². The highest BCUT2D eigenvalue weighted by Gasteiger charge is 2.16. The summed E-state index contributed by atoms with van der Waals surface area (Å²) in [5.41, 5.74) is 0. The summed E-state index contributed by atoms with van der Waals surface area (Å²) < 4.78 is 11.0. The van der Waals surface area contributed by atoms with Gasteiger partial charge in [0.25, 0.3) is 0 Å². The number of anilines is 1. The van der Waals surface area contributed by atoms with Crippen LogP contribution in [0, 0.1) is 0 Å². The number of morpholine rings is 1. The Morgan fingerprint density at radius 3 is 3.17 bits per heavy atom. The first-order chi connectivity index (χ1) is 8.79.